The number of hydrogen-bond donors (Lipinski definition) is 0. The molecule has 0 aromatic heterocycles. The minimum atomic E-state index is 0. The number of alkyl halides is 1. The zero-order chi connectivity index (χ0) is 13.7. The zero-order valence-electron chi connectivity index (χ0n) is 13.4. The van der Waals surface area contributed by atoms with Gasteiger partial charge >= 0.3 is 0 Å². The van der Waals surface area contributed by atoms with Crippen molar-refractivity contribution in [3.8, 4) is 0 Å². The molecular formula is C16H35Cl2N. The highest BCUT2D eigenvalue weighted by Gasteiger charge is 2.19. The summed E-state index contributed by atoms with van der Waals surface area (Å²) in [5.74, 6) is 0.817. The van der Waals surface area contributed by atoms with Gasteiger partial charge in [0.15, 0.2) is 0 Å². The summed E-state index contributed by atoms with van der Waals surface area (Å²) in [4.78, 5) is 0. The molecule has 3 heteroatoms. The first-order chi connectivity index (χ1) is 8.68. The monoisotopic (exact) mass is 311 g/mol. The Labute approximate surface area is 133 Å². The predicted octanol–water partition coefficient (Wildman–Crippen LogP) is 2.23. The summed E-state index contributed by atoms with van der Waals surface area (Å²) in [6.07, 6.45) is 12.2. The van der Waals surface area contributed by atoms with Crippen LogP contribution in [-0.4, -0.2) is 37.0 Å². The summed E-state index contributed by atoms with van der Waals surface area (Å²) in [5.41, 5.74) is 0. The standard InChI is InChI=1S/C16H35ClN.ClH/c1-4-6-8-10-14-18(3,16-12-13-17)15-11-9-7-5-2;/h4-16H2,1-3H3;1H/q+1;/p-1. The smallest absolute Gasteiger partial charge is 0.0796 e. The van der Waals surface area contributed by atoms with Crippen LogP contribution >= 0.6 is 11.6 Å². The van der Waals surface area contributed by atoms with E-state index in [1.54, 1.807) is 0 Å². The Hall–Kier alpha value is 0.540. The Kier molecular flexibility index (Phi) is 17.2. The van der Waals surface area contributed by atoms with Crippen molar-refractivity contribution in [2.75, 3.05) is 32.6 Å². The molecule has 0 N–H and O–H groups in total. The molecule has 0 heterocycles. The average Bonchev–Trinajstić information content (AvgIpc) is 2.38. The van der Waals surface area contributed by atoms with Crippen molar-refractivity contribution in [3.05, 3.63) is 0 Å². The van der Waals surface area contributed by atoms with Gasteiger partial charge in [-0.1, -0.05) is 39.5 Å². The minimum Gasteiger partial charge on any atom is -1.00 e. The Morgan fingerprint density at radius 1 is 0.684 bits per heavy atom. The molecule has 0 aromatic rings. The number of hydrogen-bond acceptors (Lipinski definition) is 0. The molecule has 0 spiro atoms. The first-order valence-corrected chi connectivity index (χ1v) is 8.61. The molecule has 118 valence electrons. The second-order valence-electron chi connectivity index (χ2n) is 5.95. The molecule has 0 fully saturated rings. The molecule has 0 aromatic carbocycles. The molecule has 0 atom stereocenters. The third-order valence-electron chi connectivity index (χ3n) is 3.93. The molecule has 0 rings (SSSR count). The van der Waals surface area contributed by atoms with Gasteiger partial charge in [-0.05, 0) is 25.7 Å². The van der Waals surface area contributed by atoms with Crippen LogP contribution in [0.5, 0.6) is 0 Å². The second kappa shape index (κ2) is 14.9. The van der Waals surface area contributed by atoms with Gasteiger partial charge in [-0.25, -0.2) is 0 Å². The van der Waals surface area contributed by atoms with Crippen molar-refractivity contribution in [1.29, 1.82) is 0 Å². The van der Waals surface area contributed by atoms with Crippen molar-refractivity contribution >= 4 is 11.6 Å². The van der Waals surface area contributed by atoms with Crippen molar-refractivity contribution in [3.63, 3.8) is 0 Å². The van der Waals surface area contributed by atoms with Crippen LogP contribution in [0.4, 0.5) is 0 Å². The largest absolute Gasteiger partial charge is 1.00 e. The summed E-state index contributed by atoms with van der Waals surface area (Å²) >= 11 is 5.87. The Morgan fingerprint density at radius 2 is 1.11 bits per heavy atom. The molecule has 0 amide bonds. The summed E-state index contributed by atoms with van der Waals surface area (Å²) < 4.78 is 1.25. The third kappa shape index (κ3) is 13.3. The highest BCUT2D eigenvalue weighted by atomic mass is 35.5. The summed E-state index contributed by atoms with van der Waals surface area (Å²) in [6, 6.07) is 0. The van der Waals surface area contributed by atoms with Crippen molar-refractivity contribution in [1.82, 2.24) is 0 Å². The van der Waals surface area contributed by atoms with Gasteiger partial charge in [0.25, 0.3) is 0 Å². The summed E-state index contributed by atoms with van der Waals surface area (Å²) in [7, 11) is 2.43. The molecule has 0 aliphatic rings. The molecule has 0 saturated heterocycles. The summed E-state index contributed by atoms with van der Waals surface area (Å²) in [5, 5.41) is 0. The van der Waals surface area contributed by atoms with Crippen molar-refractivity contribution < 1.29 is 16.9 Å². The van der Waals surface area contributed by atoms with Gasteiger partial charge in [-0.2, -0.15) is 0 Å². The van der Waals surface area contributed by atoms with E-state index in [9.17, 15) is 0 Å². The van der Waals surface area contributed by atoms with E-state index in [2.05, 4.69) is 20.9 Å². The lowest BCUT2D eigenvalue weighted by Gasteiger charge is -2.35. The number of halogens is 2. The van der Waals surface area contributed by atoms with Gasteiger partial charge in [-0.3, -0.25) is 0 Å². The fraction of sp³-hybridized carbons (Fsp3) is 1.00. The molecular weight excluding hydrogens is 277 g/mol. The maximum absolute atomic E-state index is 5.87. The fourth-order valence-electron chi connectivity index (χ4n) is 2.62. The fourth-order valence-corrected chi connectivity index (χ4v) is 2.74. The maximum atomic E-state index is 5.87. The van der Waals surface area contributed by atoms with Crippen molar-refractivity contribution in [2.45, 2.75) is 71.6 Å². The lowest BCUT2D eigenvalue weighted by atomic mass is 10.1. The van der Waals surface area contributed by atoms with E-state index in [0.29, 0.717) is 0 Å². The first kappa shape index (κ1) is 21.8. The van der Waals surface area contributed by atoms with Gasteiger partial charge in [0.2, 0.25) is 0 Å². The molecule has 1 nitrogen and oxygen atoms in total. The van der Waals surface area contributed by atoms with Crippen LogP contribution in [0.3, 0.4) is 0 Å². The third-order valence-corrected chi connectivity index (χ3v) is 4.20. The van der Waals surface area contributed by atoms with E-state index < -0.39 is 0 Å². The number of nitrogens with zero attached hydrogens (tertiary/aromatic N) is 1. The number of rotatable bonds is 13. The van der Waals surface area contributed by atoms with Gasteiger partial charge < -0.3 is 16.9 Å². The van der Waals surface area contributed by atoms with Gasteiger partial charge in [0.05, 0.1) is 26.7 Å². The Bertz CT molecular complexity index is 162. The van der Waals surface area contributed by atoms with E-state index in [1.165, 1.54) is 81.9 Å². The number of unbranched alkanes of at least 4 members (excludes halogenated alkanes) is 6. The molecule has 0 aliphatic carbocycles. The Morgan fingerprint density at radius 3 is 1.47 bits per heavy atom. The van der Waals surface area contributed by atoms with Crippen LogP contribution in [0.2, 0.25) is 0 Å². The van der Waals surface area contributed by atoms with Crippen LogP contribution in [0, 0.1) is 0 Å². The van der Waals surface area contributed by atoms with Crippen LogP contribution in [0.1, 0.15) is 71.6 Å². The van der Waals surface area contributed by atoms with E-state index in [-0.39, 0.29) is 12.4 Å². The normalized spacial score (nSPS) is 11.4. The molecule has 0 aliphatic heterocycles. The maximum Gasteiger partial charge on any atom is 0.0796 e. The van der Waals surface area contributed by atoms with Crippen molar-refractivity contribution in [2.24, 2.45) is 0 Å². The topological polar surface area (TPSA) is 0 Å². The van der Waals surface area contributed by atoms with Gasteiger partial charge in [0.1, 0.15) is 0 Å². The van der Waals surface area contributed by atoms with E-state index in [4.69, 9.17) is 11.6 Å². The lowest BCUT2D eigenvalue weighted by molar-refractivity contribution is -0.910. The summed E-state index contributed by atoms with van der Waals surface area (Å²) in [6.45, 7) is 8.53. The average molecular weight is 312 g/mol. The number of quaternary nitrogens is 1. The first-order valence-electron chi connectivity index (χ1n) is 8.08. The van der Waals surface area contributed by atoms with E-state index >= 15 is 0 Å². The second-order valence-corrected chi connectivity index (χ2v) is 6.33. The van der Waals surface area contributed by atoms with Crippen LogP contribution in [0.25, 0.3) is 0 Å². The Balaban J connectivity index is 0. The SMILES string of the molecule is CCCCCC[N+](C)(CCCCl)CCCCCC.[Cl-]. The predicted molar refractivity (Wildman–Crippen MR) is 84.4 cm³/mol. The van der Waals surface area contributed by atoms with Crippen LogP contribution < -0.4 is 12.4 Å². The van der Waals surface area contributed by atoms with Gasteiger partial charge in [-0.15, -0.1) is 11.6 Å². The quantitative estimate of drug-likeness (QED) is 0.278. The van der Waals surface area contributed by atoms with Crippen LogP contribution in [0.15, 0.2) is 0 Å². The highest BCUT2D eigenvalue weighted by molar-refractivity contribution is 6.17. The molecule has 0 unspecified atom stereocenters. The molecule has 0 radical (unpaired) electrons. The zero-order valence-corrected chi connectivity index (χ0v) is 14.9. The highest BCUT2D eigenvalue weighted by Crippen LogP contribution is 2.13. The molecule has 0 saturated carbocycles. The minimum absolute atomic E-state index is 0. The van der Waals surface area contributed by atoms with E-state index in [0.717, 1.165) is 5.88 Å². The molecule has 19 heavy (non-hydrogen) atoms. The van der Waals surface area contributed by atoms with E-state index in [1.807, 2.05) is 0 Å². The van der Waals surface area contributed by atoms with Gasteiger partial charge in [0, 0.05) is 12.3 Å². The molecule has 0 bridgehead atoms. The van der Waals surface area contributed by atoms with Crippen LogP contribution in [-0.2, 0) is 0 Å². The lowest BCUT2D eigenvalue weighted by Crippen LogP contribution is -3.00.